The Morgan fingerprint density at radius 1 is 1.56 bits per heavy atom. The second-order valence-corrected chi connectivity index (χ2v) is 4.78. The van der Waals surface area contributed by atoms with Gasteiger partial charge in [0.2, 0.25) is 0 Å². The van der Waals surface area contributed by atoms with Crippen LogP contribution in [0.4, 0.5) is 0 Å². The number of nitrogens with two attached hydrogens (primary N) is 1. The van der Waals surface area contributed by atoms with E-state index >= 15 is 0 Å². The molecule has 0 radical (unpaired) electrons. The molecular formula is C13H25NO2. The zero-order valence-electron chi connectivity index (χ0n) is 10.4. The summed E-state index contributed by atoms with van der Waals surface area (Å²) >= 11 is 0. The second-order valence-electron chi connectivity index (χ2n) is 4.78. The largest absolute Gasteiger partial charge is 0.378 e. The summed E-state index contributed by atoms with van der Waals surface area (Å²) in [5, 5.41) is 0. The predicted molar refractivity (Wildman–Crippen MR) is 65.3 cm³/mol. The van der Waals surface area contributed by atoms with E-state index in [2.05, 4.69) is 6.92 Å². The van der Waals surface area contributed by atoms with Crippen LogP contribution in [-0.4, -0.2) is 25.0 Å². The highest BCUT2D eigenvalue weighted by Crippen LogP contribution is 2.18. The number of hydrogen-bond acceptors (Lipinski definition) is 3. The van der Waals surface area contributed by atoms with Gasteiger partial charge in [0.15, 0.2) is 0 Å². The zero-order chi connectivity index (χ0) is 11.8. The van der Waals surface area contributed by atoms with E-state index in [1.165, 1.54) is 12.8 Å². The number of carbonyl (C=O) groups excluding carboxylic acids is 1. The van der Waals surface area contributed by atoms with E-state index < -0.39 is 0 Å². The van der Waals surface area contributed by atoms with E-state index in [4.69, 9.17) is 10.5 Å². The highest BCUT2D eigenvalue weighted by Gasteiger charge is 2.16. The SMILES string of the molecule is CCC(CN)CC(=O)CCCC1CCCO1. The van der Waals surface area contributed by atoms with Gasteiger partial charge < -0.3 is 10.5 Å². The lowest BCUT2D eigenvalue weighted by Crippen LogP contribution is -2.17. The first-order valence-corrected chi connectivity index (χ1v) is 6.59. The van der Waals surface area contributed by atoms with Crippen LogP contribution < -0.4 is 5.73 Å². The minimum Gasteiger partial charge on any atom is -0.378 e. The van der Waals surface area contributed by atoms with E-state index in [0.717, 1.165) is 25.9 Å². The fraction of sp³-hybridized carbons (Fsp3) is 0.923. The number of Topliss-reactive ketones (excluding diaryl/α,β-unsaturated/α-hetero) is 1. The molecule has 3 heteroatoms. The van der Waals surface area contributed by atoms with Gasteiger partial charge in [-0.3, -0.25) is 4.79 Å². The highest BCUT2D eigenvalue weighted by atomic mass is 16.5. The first-order valence-electron chi connectivity index (χ1n) is 6.59. The lowest BCUT2D eigenvalue weighted by molar-refractivity contribution is -0.120. The Morgan fingerprint density at radius 3 is 2.94 bits per heavy atom. The first kappa shape index (κ1) is 13.7. The van der Waals surface area contributed by atoms with E-state index in [-0.39, 0.29) is 0 Å². The van der Waals surface area contributed by atoms with Crippen LogP contribution in [0.1, 0.15) is 51.9 Å². The Labute approximate surface area is 98.7 Å². The molecule has 2 atom stereocenters. The molecular weight excluding hydrogens is 202 g/mol. The molecule has 1 saturated heterocycles. The summed E-state index contributed by atoms with van der Waals surface area (Å²) in [6.45, 7) is 3.63. The van der Waals surface area contributed by atoms with Gasteiger partial charge in [0.25, 0.3) is 0 Å². The van der Waals surface area contributed by atoms with Gasteiger partial charge in [-0.15, -0.1) is 0 Å². The fourth-order valence-corrected chi connectivity index (χ4v) is 2.22. The van der Waals surface area contributed by atoms with Crippen LogP contribution in [0.25, 0.3) is 0 Å². The molecule has 0 bridgehead atoms. The lowest BCUT2D eigenvalue weighted by Gasteiger charge is -2.11. The molecule has 0 amide bonds. The molecule has 0 saturated carbocycles. The van der Waals surface area contributed by atoms with Crippen LogP contribution in [0.15, 0.2) is 0 Å². The normalized spacial score (nSPS) is 22.2. The van der Waals surface area contributed by atoms with Crippen LogP contribution in [0.2, 0.25) is 0 Å². The topological polar surface area (TPSA) is 52.3 Å². The average molecular weight is 227 g/mol. The number of rotatable bonds is 8. The van der Waals surface area contributed by atoms with Gasteiger partial charge in [-0.2, -0.15) is 0 Å². The summed E-state index contributed by atoms with van der Waals surface area (Å²) in [5.74, 6) is 0.755. The number of carbonyl (C=O) groups is 1. The van der Waals surface area contributed by atoms with Gasteiger partial charge in [-0.1, -0.05) is 13.3 Å². The van der Waals surface area contributed by atoms with Gasteiger partial charge in [0, 0.05) is 19.4 Å². The summed E-state index contributed by atoms with van der Waals surface area (Å²) in [7, 11) is 0. The lowest BCUT2D eigenvalue weighted by atomic mass is 9.97. The van der Waals surface area contributed by atoms with Crippen molar-refractivity contribution in [2.45, 2.75) is 58.0 Å². The van der Waals surface area contributed by atoms with Crippen LogP contribution in [-0.2, 0) is 9.53 Å². The van der Waals surface area contributed by atoms with Crippen molar-refractivity contribution in [2.24, 2.45) is 11.7 Å². The number of ether oxygens (including phenoxy) is 1. The van der Waals surface area contributed by atoms with Crippen LogP contribution >= 0.6 is 0 Å². The smallest absolute Gasteiger partial charge is 0.133 e. The number of hydrogen-bond donors (Lipinski definition) is 1. The van der Waals surface area contributed by atoms with E-state index in [0.29, 0.717) is 37.2 Å². The molecule has 1 fully saturated rings. The monoisotopic (exact) mass is 227 g/mol. The molecule has 1 aliphatic rings. The van der Waals surface area contributed by atoms with Crippen molar-refractivity contribution in [3.8, 4) is 0 Å². The standard InChI is InChI=1S/C13H25NO2/c1-2-11(10-14)9-12(15)5-3-6-13-7-4-8-16-13/h11,13H,2-10,14H2,1H3. The summed E-state index contributed by atoms with van der Waals surface area (Å²) < 4.78 is 5.53. The molecule has 2 N–H and O–H groups in total. The van der Waals surface area contributed by atoms with Crippen molar-refractivity contribution in [1.29, 1.82) is 0 Å². The molecule has 0 aromatic heterocycles. The Balaban J connectivity index is 2.05. The molecule has 3 nitrogen and oxygen atoms in total. The van der Waals surface area contributed by atoms with Crippen LogP contribution in [0.3, 0.4) is 0 Å². The minimum absolute atomic E-state index is 0.371. The quantitative estimate of drug-likeness (QED) is 0.692. The molecule has 0 aliphatic carbocycles. The van der Waals surface area contributed by atoms with Gasteiger partial charge in [0.1, 0.15) is 5.78 Å². The molecule has 0 aromatic carbocycles. The Kier molecular flexibility index (Phi) is 6.65. The van der Waals surface area contributed by atoms with Crippen molar-refractivity contribution in [2.75, 3.05) is 13.2 Å². The summed E-state index contributed by atoms with van der Waals surface area (Å²) in [4.78, 5) is 11.6. The molecule has 1 rings (SSSR count). The van der Waals surface area contributed by atoms with Crippen LogP contribution in [0, 0.1) is 5.92 Å². The van der Waals surface area contributed by atoms with Crippen LogP contribution in [0.5, 0.6) is 0 Å². The maximum atomic E-state index is 11.6. The Hall–Kier alpha value is -0.410. The zero-order valence-corrected chi connectivity index (χ0v) is 10.4. The van der Waals surface area contributed by atoms with Crippen molar-refractivity contribution >= 4 is 5.78 Å². The molecule has 0 aromatic rings. The predicted octanol–water partition coefficient (Wildman–Crippen LogP) is 2.28. The highest BCUT2D eigenvalue weighted by molar-refractivity contribution is 5.78. The number of ketones is 1. The summed E-state index contributed by atoms with van der Waals surface area (Å²) in [5.41, 5.74) is 5.59. The van der Waals surface area contributed by atoms with Crippen molar-refractivity contribution in [1.82, 2.24) is 0 Å². The average Bonchev–Trinajstić information content (AvgIpc) is 2.79. The van der Waals surface area contributed by atoms with E-state index in [9.17, 15) is 4.79 Å². The third-order valence-electron chi connectivity index (χ3n) is 3.43. The van der Waals surface area contributed by atoms with Gasteiger partial charge in [-0.05, 0) is 38.1 Å². The molecule has 94 valence electrons. The maximum Gasteiger partial charge on any atom is 0.133 e. The second kappa shape index (κ2) is 7.80. The fourth-order valence-electron chi connectivity index (χ4n) is 2.22. The third-order valence-corrected chi connectivity index (χ3v) is 3.43. The Bertz CT molecular complexity index is 196. The minimum atomic E-state index is 0.371. The van der Waals surface area contributed by atoms with Gasteiger partial charge in [0.05, 0.1) is 6.10 Å². The van der Waals surface area contributed by atoms with E-state index in [1.54, 1.807) is 0 Å². The van der Waals surface area contributed by atoms with Crippen molar-refractivity contribution in [3.05, 3.63) is 0 Å². The van der Waals surface area contributed by atoms with Gasteiger partial charge >= 0.3 is 0 Å². The molecule has 1 aliphatic heterocycles. The molecule has 0 spiro atoms. The third kappa shape index (κ3) is 5.08. The molecule has 2 unspecified atom stereocenters. The van der Waals surface area contributed by atoms with Crippen molar-refractivity contribution < 1.29 is 9.53 Å². The van der Waals surface area contributed by atoms with Crippen molar-refractivity contribution in [3.63, 3.8) is 0 Å². The summed E-state index contributed by atoms with van der Waals surface area (Å²) in [6, 6.07) is 0. The maximum absolute atomic E-state index is 11.6. The Morgan fingerprint density at radius 2 is 2.38 bits per heavy atom. The molecule has 16 heavy (non-hydrogen) atoms. The van der Waals surface area contributed by atoms with E-state index in [1.807, 2.05) is 0 Å². The summed E-state index contributed by atoms with van der Waals surface area (Å²) in [6.07, 6.45) is 7.18. The van der Waals surface area contributed by atoms with Gasteiger partial charge in [-0.25, -0.2) is 0 Å². The molecule has 1 heterocycles. The first-order chi connectivity index (χ1) is 7.76.